The molecule has 0 unspecified atom stereocenters. The predicted octanol–water partition coefficient (Wildman–Crippen LogP) is 3.22. The zero-order chi connectivity index (χ0) is 7.41. The molecule has 2 rings (SSSR count). The average Bonchev–Trinajstić information content (AvgIpc) is 2.18. The van der Waals surface area contributed by atoms with Gasteiger partial charge in [0.05, 0.1) is 0 Å². The van der Waals surface area contributed by atoms with Gasteiger partial charge < -0.3 is 0 Å². The molecular weight excluding hydrogens is 120 g/mol. The van der Waals surface area contributed by atoms with Crippen molar-refractivity contribution in [2.45, 2.75) is 46.5 Å². The van der Waals surface area contributed by atoms with E-state index in [1.54, 1.807) is 0 Å². The van der Waals surface area contributed by atoms with E-state index in [1.807, 2.05) is 0 Å². The Labute approximate surface area is 64.0 Å². The van der Waals surface area contributed by atoms with E-state index in [0.29, 0.717) is 10.8 Å². The van der Waals surface area contributed by atoms with Gasteiger partial charge in [-0.2, -0.15) is 0 Å². The second kappa shape index (κ2) is 1.60. The maximum atomic E-state index is 2.49. The molecule has 0 aromatic rings. The van der Waals surface area contributed by atoms with Crippen molar-refractivity contribution in [3.05, 3.63) is 0 Å². The molecule has 0 atom stereocenters. The van der Waals surface area contributed by atoms with Gasteiger partial charge in [-0.25, -0.2) is 0 Å². The lowest BCUT2D eigenvalue weighted by Gasteiger charge is -2.34. The Balaban J connectivity index is 2.37. The molecule has 0 nitrogen and oxygen atoms in total. The topological polar surface area (TPSA) is 0 Å². The summed E-state index contributed by atoms with van der Waals surface area (Å²) in [5.74, 6) is 1.05. The SMILES string of the molecule is CC1(C)[C@H]2CC[C@@]1(C)CC2. The molecule has 2 fully saturated rings. The third kappa shape index (κ3) is 0.538. The van der Waals surface area contributed by atoms with Gasteiger partial charge >= 0.3 is 0 Å². The van der Waals surface area contributed by atoms with Crippen LogP contribution in [0.4, 0.5) is 0 Å². The van der Waals surface area contributed by atoms with Crippen LogP contribution in [0.1, 0.15) is 46.5 Å². The highest BCUT2D eigenvalue weighted by Gasteiger charge is 2.55. The van der Waals surface area contributed by atoms with Crippen LogP contribution in [-0.2, 0) is 0 Å². The Morgan fingerprint density at radius 2 is 1.50 bits per heavy atom. The molecule has 2 bridgehead atoms. The summed E-state index contributed by atoms with van der Waals surface area (Å²) >= 11 is 0. The van der Waals surface area contributed by atoms with Gasteiger partial charge in [0, 0.05) is 0 Å². The molecule has 0 aliphatic heterocycles. The molecule has 0 heterocycles. The van der Waals surface area contributed by atoms with Gasteiger partial charge in [-0.3, -0.25) is 0 Å². The lowest BCUT2D eigenvalue weighted by atomic mass is 9.71. The number of rotatable bonds is 0. The molecule has 2 aliphatic rings. The Kier molecular flexibility index (Phi) is 1.07. The van der Waals surface area contributed by atoms with Gasteiger partial charge in [0.1, 0.15) is 0 Å². The molecule has 0 N–H and O–H groups in total. The molecular formula is C10H18. The fraction of sp³-hybridized carbons (Fsp3) is 1.00. The van der Waals surface area contributed by atoms with Crippen LogP contribution in [0.15, 0.2) is 0 Å². The zero-order valence-corrected chi connectivity index (χ0v) is 7.41. The van der Waals surface area contributed by atoms with Crippen molar-refractivity contribution in [2.24, 2.45) is 16.7 Å². The van der Waals surface area contributed by atoms with Crippen molar-refractivity contribution in [3.63, 3.8) is 0 Å². The minimum atomic E-state index is 0.660. The van der Waals surface area contributed by atoms with Crippen LogP contribution in [-0.4, -0.2) is 0 Å². The van der Waals surface area contributed by atoms with Crippen LogP contribution >= 0.6 is 0 Å². The van der Waals surface area contributed by atoms with Gasteiger partial charge in [0.2, 0.25) is 0 Å². The Bertz CT molecular complexity index is 145. The third-order valence-corrected chi connectivity index (χ3v) is 4.67. The smallest absolute Gasteiger partial charge is 0.0272 e. The van der Waals surface area contributed by atoms with E-state index in [4.69, 9.17) is 0 Å². The highest BCUT2D eigenvalue weighted by Crippen LogP contribution is 2.65. The molecule has 2 saturated carbocycles. The summed E-state index contributed by atoms with van der Waals surface area (Å²) in [5.41, 5.74) is 1.37. The van der Waals surface area contributed by atoms with Crippen LogP contribution in [0.3, 0.4) is 0 Å². The fourth-order valence-electron chi connectivity index (χ4n) is 3.11. The first kappa shape index (κ1) is 6.69. The van der Waals surface area contributed by atoms with E-state index in [1.165, 1.54) is 25.7 Å². The largest absolute Gasteiger partial charge is 0.0591 e. The summed E-state index contributed by atoms with van der Waals surface area (Å²) in [6.45, 7) is 7.43. The van der Waals surface area contributed by atoms with E-state index >= 15 is 0 Å². The molecule has 0 aromatic carbocycles. The molecule has 0 heteroatoms. The Morgan fingerprint density at radius 3 is 1.60 bits per heavy atom. The Morgan fingerprint density at radius 1 is 1.00 bits per heavy atom. The van der Waals surface area contributed by atoms with Crippen LogP contribution in [0.25, 0.3) is 0 Å². The quantitative estimate of drug-likeness (QED) is 0.482. The van der Waals surface area contributed by atoms with Crippen LogP contribution in [0.2, 0.25) is 0 Å². The third-order valence-electron chi connectivity index (χ3n) is 4.67. The van der Waals surface area contributed by atoms with Crippen LogP contribution in [0, 0.1) is 16.7 Å². The molecule has 0 amide bonds. The number of hydrogen-bond donors (Lipinski definition) is 0. The minimum absolute atomic E-state index is 0.660. The van der Waals surface area contributed by atoms with Crippen molar-refractivity contribution in [3.8, 4) is 0 Å². The van der Waals surface area contributed by atoms with Gasteiger partial charge in [0.15, 0.2) is 0 Å². The molecule has 0 saturated heterocycles. The first-order chi connectivity index (χ1) is 4.56. The molecule has 0 aromatic heterocycles. The predicted molar refractivity (Wildman–Crippen MR) is 43.8 cm³/mol. The molecule has 58 valence electrons. The van der Waals surface area contributed by atoms with Crippen molar-refractivity contribution in [1.29, 1.82) is 0 Å². The average molecular weight is 138 g/mol. The highest BCUT2D eigenvalue weighted by molar-refractivity contribution is 5.05. The van der Waals surface area contributed by atoms with Gasteiger partial charge in [-0.15, -0.1) is 0 Å². The minimum Gasteiger partial charge on any atom is -0.0591 e. The zero-order valence-electron chi connectivity index (χ0n) is 7.41. The lowest BCUT2D eigenvalue weighted by Crippen LogP contribution is -2.26. The van der Waals surface area contributed by atoms with Crippen molar-refractivity contribution < 1.29 is 0 Å². The van der Waals surface area contributed by atoms with E-state index in [-0.39, 0.29) is 0 Å². The second-order valence-corrected chi connectivity index (χ2v) is 5.06. The standard InChI is InChI=1S/C10H18/c1-9(2)8-4-6-10(9,3)7-5-8/h8H,4-7H2,1-3H3/t8-,10-. The monoisotopic (exact) mass is 138 g/mol. The summed E-state index contributed by atoms with van der Waals surface area (Å²) < 4.78 is 0. The van der Waals surface area contributed by atoms with E-state index in [0.717, 1.165) is 5.92 Å². The molecule has 10 heavy (non-hydrogen) atoms. The van der Waals surface area contributed by atoms with Crippen LogP contribution < -0.4 is 0 Å². The summed E-state index contributed by atoms with van der Waals surface area (Å²) in [6.07, 6.45) is 5.99. The maximum absolute atomic E-state index is 2.49. The van der Waals surface area contributed by atoms with E-state index in [9.17, 15) is 0 Å². The number of hydrogen-bond acceptors (Lipinski definition) is 0. The molecule has 0 spiro atoms. The lowest BCUT2D eigenvalue weighted by molar-refractivity contribution is 0.152. The van der Waals surface area contributed by atoms with Crippen molar-refractivity contribution >= 4 is 0 Å². The van der Waals surface area contributed by atoms with Crippen LogP contribution in [0.5, 0.6) is 0 Å². The summed E-state index contributed by atoms with van der Waals surface area (Å²) in [4.78, 5) is 0. The highest BCUT2D eigenvalue weighted by atomic mass is 14.6. The summed E-state index contributed by atoms with van der Waals surface area (Å²) in [7, 11) is 0. The number of fused-ring (bicyclic) bond motifs is 2. The van der Waals surface area contributed by atoms with E-state index in [2.05, 4.69) is 20.8 Å². The summed E-state index contributed by atoms with van der Waals surface area (Å²) in [6, 6.07) is 0. The van der Waals surface area contributed by atoms with Crippen molar-refractivity contribution in [2.75, 3.05) is 0 Å². The van der Waals surface area contributed by atoms with Gasteiger partial charge in [-0.05, 0) is 42.4 Å². The fourth-order valence-corrected chi connectivity index (χ4v) is 3.11. The maximum Gasteiger partial charge on any atom is -0.0272 e. The van der Waals surface area contributed by atoms with Gasteiger partial charge in [-0.1, -0.05) is 20.8 Å². The van der Waals surface area contributed by atoms with E-state index < -0.39 is 0 Å². The first-order valence-electron chi connectivity index (χ1n) is 4.56. The first-order valence-corrected chi connectivity index (χ1v) is 4.56. The Hall–Kier alpha value is 0. The summed E-state index contributed by atoms with van der Waals surface area (Å²) in [5, 5.41) is 0. The second-order valence-electron chi connectivity index (χ2n) is 5.06. The molecule has 2 aliphatic carbocycles. The van der Waals surface area contributed by atoms with Gasteiger partial charge in [0.25, 0.3) is 0 Å². The van der Waals surface area contributed by atoms with Crippen molar-refractivity contribution in [1.82, 2.24) is 0 Å². The normalized spacial score (nSPS) is 50.1. The molecule has 0 radical (unpaired) electrons.